The predicted molar refractivity (Wildman–Crippen MR) is 101 cm³/mol. The average Bonchev–Trinajstić information content (AvgIpc) is 3.35. The van der Waals surface area contributed by atoms with Gasteiger partial charge in [-0.2, -0.15) is 11.3 Å². The predicted octanol–water partition coefficient (Wildman–Crippen LogP) is 3.35. The summed E-state index contributed by atoms with van der Waals surface area (Å²) in [6, 6.07) is 2.06. The summed E-state index contributed by atoms with van der Waals surface area (Å²) >= 11 is 3.27. The third-order valence-corrected chi connectivity index (χ3v) is 8.09. The highest BCUT2D eigenvalue weighted by Crippen LogP contribution is 2.31. The number of imidazole rings is 1. The topological polar surface area (TPSA) is 79.0 Å². The van der Waals surface area contributed by atoms with Gasteiger partial charge in [0, 0.05) is 41.3 Å². The molecule has 25 heavy (non-hydrogen) atoms. The number of thiophene rings is 1. The number of piperidine rings is 1. The van der Waals surface area contributed by atoms with Gasteiger partial charge in [0.1, 0.15) is 0 Å². The van der Waals surface area contributed by atoms with E-state index in [1.165, 1.54) is 0 Å². The van der Waals surface area contributed by atoms with Gasteiger partial charge in [-0.05, 0) is 31.2 Å². The Labute approximate surface area is 154 Å². The number of hydrogen-bond donors (Lipinski definition) is 1. The molecule has 0 unspecified atom stereocenters. The molecule has 4 heterocycles. The molecule has 0 bridgehead atoms. The lowest BCUT2D eigenvalue weighted by Gasteiger charge is -2.30. The summed E-state index contributed by atoms with van der Waals surface area (Å²) in [7, 11) is -3.39. The van der Waals surface area contributed by atoms with Crippen molar-refractivity contribution in [3.63, 3.8) is 0 Å². The van der Waals surface area contributed by atoms with Crippen molar-refractivity contribution in [2.45, 2.75) is 30.2 Å². The van der Waals surface area contributed by atoms with Gasteiger partial charge in [0.2, 0.25) is 15.0 Å². The lowest BCUT2D eigenvalue weighted by molar-refractivity contribution is 0.524. The first-order valence-corrected chi connectivity index (χ1v) is 11.4. The van der Waals surface area contributed by atoms with E-state index in [1.54, 1.807) is 28.9 Å². The molecule has 1 N–H and O–H groups in total. The summed E-state index contributed by atoms with van der Waals surface area (Å²) in [4.78, 5) is 13.7. The van der Waals surface area contributed by atoms with Crippen LogP contribution in [0.1, 0.15) is 18.5 Å². The summed E-state index contributed by atoms with van der Waals surface area (Å²) in [5.41, 5.74) is 2.89. The van der Waals surface area contributed by atoms with Gasteiger partial charge < -0.3 is 9.88 Å². The van der Waals surface area contributed by atoms with Crippen molar-refractivity contribution in [1.82, 2.24) is 15.0 Å². The number of aromatic amines is 1. The van der Waals surface area contributed by atoms with Crippen LogP contribution in [0.2, 0.25) is 0 Å². The number of aromatic nitrogens is 3. The third-order valence-electron chi connectivity index (χ3n) is 4.41. The molecule has 0 spiro atoms. The Hall–Kier alpha value is -1.71. The molecule has 0 aliphatic carbocycles. The number of anilines is 1. The van der Waals surface area contributed by atoms with Crippen LogP contribution >= 0.6 is 22.7 Å². The molecule has 0 aromatic carbocycles. The molecule has 0 amide bonds. The molecule has 1 aliphatic heterocycles. The molecule has 9 heteroatoms. The molecule has 1 fully saturated rings. The van der Waals surface area contributed by atoms with E-state index in [4.69, 9.17) is 4.98 Å². The van der Waals surface area contributed by atoms with Gasteiger partial charge in [-0.3, -0.25) is 0 Å². The summed E-state index contributed by atoms with van der Waals surface area (Å²) in [5.74, 6) is 0. The maximum absolute atomic E-state index is 12.7. The van der Waals surface area contributed by atoms with Crippen molar-refractivity contribution in [2.24, 2.45) is 0 Å². The Bertz CT molecular complexity index is 951. The van der Waals surface area contributed by atoms with Gasteiger partial charge in [0.15, 0.2) is 5.13 Å². The zero-order valence-electron chi connectivity index (χ0n) is 13.7. The van der Waals surface area contributed by atoms with E-state index < -0.39 is 9.84 Å². The van der Waals surface area contributed by atoms with Crippen LogP contribution < -0.4 is 4.90 Å². The van der Waals surface area contributed by atoms with Crippen LogP contribution in [-0.4, -0.2) is 41.7 Å². The molecule has 0 radical (unpaired) electrons. The molecule has 6 nitrogen and oxygen atoms in total. The summed E-state index contributed by atoms with van der Waals surface area (Å²) in [5, 5.41) is 6.87. The Morgan fingerprint density at radius 2 is 2.08 bits per heavy atom. The normalized spacial score (nSPS) is 16.4. The molecule has 132 valence electrons. The Balaban J connectivity index is 1.45. The number of sulfone groups is 1. The van der Waals surface area contributed by atoms with Gasteiger partial charge in [0.25, 0.3) is 0 Å². The van der Waals surface area contributed by atoms with Crippen molar-refractivity contribution < 1.29 is 8.42 Å². The minimum Gasteiger partial charge on any atom is -0.348 e. The van der Waals surface area contributed by atoms with Gasteiger partial charge in [0.05, 0.1) is 10.9 Å². The van der Waals surface area contributed by atoms with Crippen LogP contribution in [0.25, 0.3) is 11.3 Å². The van der Waals surface area contributed by atoms with E-state index in [1.807, 2.05) is 12.3 Å². The zero-order chi connectivity index (χ0) is 17.4. The number of H-pyrrole nitrogens is 1. The lowest BCUT2D eigenvalue weighted by Crippen LogP contribution is -2.39. The number of nitrogens with zero attached hydrogens (tertiary/aromatic N) is 3. The Kier molecular flexibility index (Phi) is 4.38. The average molecular weight is 395 g/mol. The van der Waals surface area contributed by atoms with Crippen LogP contribution in [0.5, 0.6) is 0 Å². The number of thiazole rings is 1. The van der Waals surface area contributed by atoms with Gasteiger partial charge in [-0.15, -0.1) is 11.3 Å². The fourth-order valence-corrected chi connectivity index (χ4v) is 6.19. The molecule has 0 saturated carbocycles. The number of rotatable bonds is 4. The number of hydrogen-bond acceptors (Lipinski definition) is 7. The van der Waals surface area contributed by atoms with E-state index in [0.717, 1.165) is 22.1 Å². The minimum absolute atomic E-state index is 0.0949. The summed E-state index contributed by atoms with van der Waals surface area (Å²) < 4.78 is 25.4. The number of nitrogens with one attached hydrogen (secondary N) is 1. The number of aryl methyl sites for hydroxylation is 1. The van der Waals surface area contributed by atoms with Crippen LogP contribution in [0.4, 0.5) is 5.13 Å². The molecular formula is C16H18N4O2S3. The fraction of sp³-hybridized carbons (Fsp3) is 0.375. The highest BCUT2D eigenvalue weighted by Gasteiger charge is 2.33. The standard InChI is InChI=1S/C16H18N4O2S3/c1-11-8-17-15(18-11)25(21,22)13-2-5-20(6-3-13)16-19-14(10-24-16)12-4-7-23-9-12/h4,7-10,13H,2-3,5-6H2,1H3,(H,17,18). The summed E-state index contributed by atoms with van der Waals surface area (Å²) in [6.07, 6.45) is 2.74. The highest BCUT2D eigenvalue weighted by atomic mass is 32.2. The highest BCUT2D eigenvalue weighted by molar-refractivity contribution is 7.91. The van der Waals surface area contributed by atoms with E-state index in [0.29, 0.717) is 25.9 Å². The van der Waals surface area contributed by atoms with Gasteiger partial charge in [-0.25, -0.2) is 18.4 Å². The van der Waals surface area contributed by atoms with Crippen molar-refractivity contribution in [2.75, 3.05) is 18.0 Å². The second kappa shape index (κ2) is 6.54. The third kappa shape index (κ3) is 3.23. The molecular weight excluding hydrogens is 376 g/mol. The minimum atomic E-state index is -3.39. The Morgan fingerprint density at radius 3 is 2.72 bits per heavy atom. The molecule has 3 aromatic heterocycles. The zero-order valence-corrected chi connectivity index (χ0v) is 16.1. The van der Waals surface area contributed by atoms with Crippen LogP contribution in [0.3, 0.4) is 0 Å². The molecule has 4 rings (SSSR count). The fourth-order valence-electron chi connectivity index (χ4n) is 3.00. The van der Waals surface area contributed by atoms with Crippen LogP contribution in [0.15, 0.2) is 33.6 Å². The monoisotopic (exact) mass is 394 g/mol. The first-order valence-electron chi connectivity index (χ1n) is 8.02. The maximum atomic E-state index is 12.7. The largest absolute Gasteiger partial charge is 0.348 e. The van der Waals surface area contributed by atoms with Crippen molar-refractivity contribution in [3.05, 3.63) is 34.1 Å². The van der Waals surface area contributed by atoms with Crippen molar-refractivity contribution in [1.29, 1.82) is 0 Å². The summed E-state index contributed by atoms with van der Waals surface area (Å²) in [6.45, 7) is 3.20. The molecule has 0 atom stereocenters. The quantitative estimate of drug-likeness (QED) is 0.734. The van der Waals surface area contributed by atoms with E-state index in [2.05, 4.69) is 31.7 Å². The molecule has 1 aliphatic rings. The van der Waals surface area contributed by atoms with Crippen molar-refractivity contribution in [3.8, 4) is 11.3 Å². The van der Waals surface area contributed by atoms with Crippen molar-refractivity contribution >= 4 is 37.6 Å². The van der Waals surface area contributed by atoms with E-state index >= 15 is 0 Å². The lowest BCUT2D eigenvalue weighted by atomic mass is 10.1. The van der Waals surface area contributed by atoms with Gasteiger partial charge >= 0.3 is 0 Å². The molecule has 1 saturated heterocycles. The van der Waals surface area contributed by atoms with E-state index in [-0.39, 0.29) is 10.4 Å². The Morgan fingerprint density at radius 1 is 1.28 bits per heavy atom. The first kappa shape index (κ1) is 16.7. The first-order chi connectivity index (χ1) is 12.0. The van der Waals surface area contributed by atoms with Crippen LogP contribution in [0, 0.1) is 6.92 Å². The maximum Gasteiger partial charge on any atom is 0.225 e. The SMILES string of the molecule is Cc1cnc(S(=O)(=O)C2CCN(c3nc(-c4ccsc4)cs3)CC2)[nH]1. The molecule has 3 aromatic rings. The van der Waals surface area contributed by atoms with Gasteiger partial charge in [-0.1, -0.05) is 0 Å². The second-order valence-electron chi connectivity index (χ2n) is 6.13. The second-order valence-corrected chi connectivity index (χ2v) is 9.89. The smallest absolute Gasteiger partial charge is 0.225 e. The van der Waals surface area contributed by atoms with Crippen LogP contribution in [-0.2, 0) is 9.84 Å². The van der Waals surface area contributed by atoms with E-state index in [9.17, 15) is 8.42 Å².